The van der Waals surface area contributed by atoms with Crippen LogP contribution in [0.1, 0.15) is 32.1 Å². The molecular weight excluding hydrogens is 204 g/mol. The standard InChI is InChI=1S/C12H22N2O2/c15-10-11-5-4-8-14(11)9-12(16)13-6-2-1-3-7-13/h11,15H,1-10H2/t11-/m0/s1. The number of carbonyl (C=O) groups is 1. The average molecular weight is 226 g/mol. The van der Waals surface area contributed by atoms with E-state index in [9.17, 15) is 9.90 Å². The van der Waals surface area contributed by atoms with Crippen LogP contribution in [0.15, 0.2) is 0 Å². The number of hydrogen-bond donors (Lipinski definition) is 1. The largest absolute Gasteiger partial charge is 0.395 e. The van der Waals surface area contributed by atoms with Crippen LogP contribution in [-0.2, 0) is 4.79 Å². The fourth-order valence-electron chi connectivity index (χ4n) is 2.73. The SMILES string of the molecule is O=C(CN1CCC[C@H]1CO)N1CCCCC1. The van der Waals surface area contributed by atoms with Gasteiger partial charge < -0.3 is 10.0 Å². The third-order valence-corrected chi connectivity index (χ3v) is 3.76. The molecule has 2 aliphatic rings. The van der Waals surface area contributed by atoms with Gasteiger partial charge in [0.25, 0.3) is 0 Å². The average Bonchev–Trinajstić information content (AvgIpc) is 2.77. The summed E-state index contributed by atoms with van der Waals surface area (Å²) in [6.07, 6.45) is 5.69. The van der Waals surface area contributed by atoms with Crippen molar-refractivity contribution in [2.75, 3.05) is 32.8 Å². The molecule has 0 aromatic heterocycles. The molecule has 2 aliphatic heterocycles. The lowest BCUT2D eigenvalue weighted by Gasteiger charge is -2.30. The first-order chi connectivity index (χ1) is 7.81. The van der Waals surface area contributed by atoms with Gasteiger partial charge in [0.2, 0.25) is 5.91 Å². The number of amides is 1. The number of aliphatic hydroxyl groups excluding tert-OH is 1. The van der Waals surface area contributed by atoms with Crippen molar-refractivity contribution in [3.8, 4) is 0 Å². The normalized spacial score (nSPS) is 27.3. The second-order valence-corrected chi connectivity index (χ2v) is 4.89. The number of rotatable bonds is 3. The Bertz CT molecular complexity index is 239. The third-order valence-electron chi connectivity index (χ3n) is 3.76. The van der Waals surface area contributed by atoms with E-state index < -0.39 is 0 Å². The summed E-state index contributed by atoms with van der Waals surface area (Å²) >= 11 is 0. The zero-order valence-corrected chi connectivity index (χ0v) is 9.90. The predicted octanol–water partition coefficient (Wildman–Crippen LogP) is 0.456. The highest BCUT2D eigenvalue weighted by Crippen LogP contribution is 2.17. The van der Waals surface area contributed by atoms with Crippen LogP contribution >= 0.6 is 0 Å². The molecule has 0 aromatic rings. The van der Waals surface area contributed by atoms with Gasteiger partial charge in [-0.15, -0.1) is 0 Å². The summed E-state index contributed by atoms with van der Waals surface area (Å²) in [7, 11) is 0. The van der Waals surface area contributed by atoms with Crippen molar-refractivity contribution in [2.45, 2.75) is 38.1 Å². The van der Waals surface area contributed by atoms with Gasteiger partial charge in [0.1, 0.15) is 0 Å². The van der Waals surface area contributed by atoms with Crippen molar-refractivity contribution in [3.63, 3.8) is 0 Å². The molecular formula is C12H22N2O2. The number of carbonyl (C=O) groups excluding carboxylic acids is 1. The van der Waals surface area contributed by atoms with Gasteiger partial charge in [0.05, 0.1) is 13.2 Å². The Morgan fingerprint density at radius 2 is 1.88 bits per heavy atom. The van der Waals surface area contributed by atoms with E-state index in [0.29, 0.717) is 6.54 Å². The summed E-state index contributed by atoms with van der Waals surface area (Å²) in [5, 5.41) is 9.19. The van der Waals surface area contributed by atoms with Gasteiger partial charge in [-0.3, -0.25) is 9.69 Å². The first-order valence-electron chi connectivity index (χ1n) is 6.44. The maximum absolute atomic E-state index is 12.0. The summed E-state index contributed by atoms with van der Waals surface area (Å²) in [6, 6.07) is 0.216. The minimum atomic E-state index is 0.188. The predicted molar refractivity (Wildman–Crippen MR) is 62.1 cm³/mol. The number of piperidine rings is 1. The highest BCUT2D eigenvalue weighted by Gasteiger charge is 2.27. The first-order valence-corrected chi connectivity index (χ1v) is 6.44. The van der Waals surface area contributed by atoms with Crippen molar-refractivity contribution in [1.29, 1.82) is 0 Å². The van der Waals surface area contributed by atoms with Crippen LogP contribution in [-0.4, -0.2) is 59.6 Å². The Labute approximate surface area is 97.2 Å². The van der Waals surface area contributed by atoms with Crippen molar-refractivity contribution in [2.24, 2.45) is 0 Å². The molecule has 2 fully saturated rings. The Morgan fingerprint density at radius 3 is 2.56 bits per heavy atom. The zero-order chi connectivity index (χ0) is 11.4. The lowest BCUT2D eigenvalue weighted by Crippen LogP contribution is -2.44. The fraction of sp³-hybridized carbons (Fsp3) is 0.917. The molecule has 4 nitrogen and oxygen atoms in total. The summed E-state index contributed by atoms with van der Waals surface area (Å²) in [6.45, 7) is 3.51. The molecule has 0 radical (unpaired) electrons. The fourth-order valence-corrected chi connectivity index (χ4v) is 2.73. The quantitative estimate of drug-likeness (QED) is 0.760. The van der Waals surface area contributed by atoms with E-state index in [1.807, 2.05) is 4.90 Å². The summed E-state index contributed by atoms with van der Waals surface area (Å²) in [4.78, 5) is 16.1. The highest BCUT2D eigenvalue weighted by molar-refractivity contribution is 5.78. The molecule has 4 heteroatoms. The van der Waals surface area contributed by atoms with Crippen molar-refractivity contribution < 1.29 is 9.90 Å². The van der Waals surface area contributed by atoms with Gasteiger partial charge in [-0.05, 0) is 38.6 Å². The van der Waals surface area contributed by atoms with Crippen molar-refractivity contribution in [1.82, 2.24) is 9.80 Å². The second kappa shape index (κ2) is 5.64. The number of aliphatic hydroxyl groups is 1. The molecule has 0 bridgehead atoms. The summed E-state index contributed by atoms with van der Waals surface area (Å²) in [5.74, 6) is 0.250. The van der Waals surface area contributed by atoms with Crippen LogP contribution in [0.3, 0.4) is 0 Å². The van der Waals surface area contributed by atoms with Crippen LogP contribution in [0.5, 0.6) is 0 Å². The number of hydrogen-bond acceptors (Lipinski definition) is 3. The Morgan fingerprint density at radius 1 is 1.12 bits per heavy atom. The van der Waals surface area contributed by atoms with Gasteiger partial charge in [0, 0.05) is 19.1 Å². The molecule has 0 saturated carbocycles. The number of likely N-dealkylation sites (tertiary alicyclic amines) is 2. The van der Waals surface area contributed by atoms with Crippen LogP contribution in [0.4, 0.5) is 0 Å². The van der Waals surface area contributed by atoms with E-state index >= 15 is 0 Å². The lowest BCUT2D eigenvalue weighted by molar-refractivity contribution is -0.133. The van der Waals surface area contributed by atoms with Crippen molar-refractivity contribution in [3.05, 3.63) is 0 Å². The van der Waals surface area contributed by atoms with Gasteiger partial charge in [0.15, 0.2) is 0 Å². The van der Waals surface area contributed by atoms with Crippen LogP contribution in [0.2, 0.25) is 0 Å². The maximum Gasteiger partial charge on any atom is 0.236 e. The molecule has 0 spiro atoms. The highest BCUT2D eigenvalue weighted by atomic mass is 16.3. The van der Waals surface area contributed by atoms with Gasteiger partial charge in [-0.2, -0.15) is 0 Å². The Kier molecular flexibility index (Phi) is 4.18. The lowest BCUT2D eigenvalue weighted by atomic mass is 10.1. The topological polar surface area (TPSA) is 43.8 Å². The minimum absolute atomic E-state index is 0.188. The zero-order valence-electron chi connectivity index (χ0n) is 9.90. The molecule has 92 valence electrons. The molecule has 1 atom stereocenters. The molecule has 16 heavy (non-hydrogen) atoms. The van der Waals surface area contributed by atoms with Gasteiger partial charge >= 0.3 is 0 Å². The van der Waals surface area contributed by atoms with E-state index in [1.165, 1.54) is 6.42 Å². The van der Waals surface area contributed by atoms with Gasteiger partial charge in [-0.1, -0.05) is 0 Å². The molecule has 2 rings (SSSR count). The van der Waals surface area contributed by atoms with E-state index in [4.69, 9.17) is 0 Å². The van der Waals surface area contributed by atoms with E-state index in [-0.39, 0.29) is 18.6 Å². The second-order valence-electron chi connectivity index (χ2n) is 4.89. The van der Waals surface area contributed by atoms with E-state index in [0.717, 1.165) is 45.3 Å². The molecule has 0 unspecified atom stereocenters. The van der Waals surface area contributed by atoms with Crippen LogP contribution < -0.4 is 0 Å². The first kappa shape index (κ1) is 11.9. The molecule has 0 aromatic carbocycles. The van der Waals surface area contributed by atoms with Crippen LogP contribution in [0, 0.1) is 0 Å². The van der Waals surface area contributed by atoms with E-state index in [1.54, 1.807) is 0 Å². The molecule has 1 amide bonds. The van der Waals surface area contributed by atoms with Gasteiger partial charge in [-0.25, -0.2) is 0 Å². The minimum Gasteiger partial charge on any atom is -0.395 e. The van der Waals surface area contributed by atoms with Crippen LogP contribution in [0.25, 0.3) is 0 Å². The monoisotopic (exact) mass is 226 g/mol. The smallest absolute Gasteiger partial charge is 0.236 e. The molecule has 2 saturated heterocycles. The molecule has 1 N–H and O–H groups in total. The third kappa shape index (κ3) is 2.74. The summed E-state index contributed by atoms with van der Waals surface area (Å²) in [5.41, 5.74) is 0. The number of nitrogens with zero attached hydrogens (tertiary/aromatic N) is 2. The molecule has 2 heterocycles. The maximum atomic E-state index is 12.0. The molecule has 0 aliphatic carbocycles. The Hall–Kier alpha value is -0.610. The van der Waals surface area contributed by atoms with E-state index in [2.05, 4.69) is 4.90 Å². The van der Waals surface area contributed by atoms with Crippen molar-refractivity contribution >= 4 is 5.91 Å². The Balaban J connectivity index is 1.81. The summed E-state index contributed by atoms with van der Waals surface area (Å²) < 4.78 is 0.